The Balaban J connectivity index is 1.54. The topological polar surface area (TPSA) is 123 Å². The standard InChI is InChI=1S/C29H33F3N4O4/c1-4-17(3)23(35-27(40)33-15-18-10-8-16(2)9-11-18)25(37)36-28(26(38)39)13-12-22-20(14-28)19-6-5-7-21(24(19)34-22)29(30,31)32/h5-11,17,23,34H,4,12-15H2,1-3H3,(H,36,37)(H,38,39)(H2,33,35,40). The number of amides is 3. The van der Waals surface area contributed by atoms with Gasteiger partial charge in [0, 0.05) is 24.0 Å². The maximum atomic E-state index is 13.6. The van der Waals surface area contributed by atoms with Crippen molar-refractivity contribution < 1.29 is 32.7 Å². The van der Waals surface area contributed by atoms with Crippen LogP contribution in [0.2, 0.25) is 0 Å². The van der Waals surface area contributed by atoms with Gasteiger partial charge in [0.05, 0.1) is 11.1 Å². The van der Waals surface area contributed by atoms with E-state index < -0.39 is 41.2 Å². The highest BCUT2D eigenvalue weighted by Crippen LogP contribution is 2.40. The van der Waals surface area contributed by atoms with Gasteiger partial charge in [-0.05, 0) is 42.9 Å². The van der Waals surface area contributed by atoms with Gasteiger partial charge in [0.25, 0.3) is 0 Å². The van der Waals surface area contributed by atoms with E-state index in [2.05, 4.69) is 20.9 Å². The number of rotatable bonds is 8. The number of hydrogen-bond donors (Lipinski definition) is 5. The molecule has 11 heteroatoms. The fourth-order valence-electron chi connectivity index (χ4n) is 5.15. The molecule has 3 amide bonds. The van der Waals surface area contributed by atoms with Crippen molar-refractivity contribution in [1.82, 2.24) is 20.9 Å². The molecule has 8 nitrogen and oxygen atoms in total. The molecule has 40 heavy (non-hydrogen) atoms. The second-order valence-corrected chi connectivity index (χ2v) is 10.5. The van der Waals surface area contributed by atoms with Gasteiger partial charge in [-0.3, -0.25) is 4.79 Å². The van der Waals surface area contributed by atoms with Gasteiger partial charge in [-0.1, -0.05) is 62.2 Å². The lowest BCUT2D eigenvalue weighted by Crippen LogP contribution is -2.63. The van der Waals surface area contributed by atoms with Crippen LogP contribution in [-0.4, -0.2) is 39.6 Å². The summed E-state index contributed by atoms with van der Waals surface area (Å²) in [6, 6.07) is 9.77. The highest BCUT2D eigenvalue weighted by Gasteiger charge is 2.46. The molecule has 3 aromatic rings. The number of nitrogens with one attached hydrogen (secondary N) is 4. The number of urea groups is 1. The quantitative estimate of drug-likeness (QED) is 0.272. The van der Waals surface area contributed by atoms with Crippen molar-refractivity contribution in [3.8, 4) is 0 Å². The van der Waals surface area contributed by atoms with E-state index in [4.69, 9.17) is 0 Å². The van der Waals surface area contributed by atoms with Crippen molar-refractivity contribution in [3.63, 3.8) is 0 Å². The summed E-state index contributed by atoms with van der Waals surface area (Å²) < 4.78 is 40.8. The third kappa shape index (κ3) is 5.93. The minimum Gasteiger partial charge on any atom is -0.479 e. The van der Waals surface area contributed by atoms with Crippen molar-refractivity contribution >= 4 is 28.8 Å². The van der Waals surface area contributed by atoms with Crippen LogP contribution in [0.5, 0.6) is 0 Å². The van der Waals surface area contributed by atoms with Gasteiger partial charge in [-0.25, -0.2) is 9.59 Å². The maximum Gasteiger partial charge on any atom is 0.418 e. The Hall–Kier alpha value is -4.02. The van der Waals surface area contributed by atoms with E-state index in [9.17, 15) is 32.7 Å². The Morgan fingerprint density at radius 1 is 1.12 bits per heavy atom. The lowest BCUT2D eigenvalue weighted by atomic mass is 9.79. The molecule has 1 aromatic heterocycles. The molecule has 5 N–H and O–H groups in total. The molecule has 4 rings (SSSR count). The molecule has 0 bridgehead atoms. The molecule has 214 valence electrons. The number of fused-ring (bicyclic) bond motifs is 3. The normalized spacial score (nSPS) is 18.4. The van der Waals surface area contributed by atoms with E-state index in [0.29, 0.717) is 17.7 Å². The molecule has 0 saturated carbocycles. The summed E-state index contributed by atoms with van der Waals surface area (Å²) in [5.41, 5.74) is 0.222. The average Bonchev–Trinajstić information content (AvgIpc) is 3.28. The number of aliphatic carboxylic acids is 1. The molecule has 2 aromatic carbocycles. The number of carboxylic acid groups (broad SMARTS) is 1. The van der Waals surface area contributed by atoms with E-state index >= 15 is 0 Å². The van der Waals surface area contributed by atoms with Crippen molar-refractivity contribution in [1.29, 1.82) is 0 Å². The zero-order valence-electron chi connectivity index (χ0n) is 22.5. The molecule has 1 aliphatic rings. The zero-order chi connectivity index (χ0) is 29.2. The van der Waals surface area contributed by atoms with Crippen molar-refractivity contribution in [2.45, 2.75) is 70.8 Å². The zero-order valence-corrected chi connectivity index (χ0v) is 22.5. The number of hydrogen-bond acceptors (Lipinski definition) is 3. The first-order chi connectivity index (χ1) is 18.8. The second kappa shape index (κ2) is 11.2. The van der Waals surface area contributed by atoms with E-state index in [1.807, 2.05) is 38.1 Å². The van der Waals surface area contributed by atoms with Crippen molar-refractivity contribution in [3.05, 3.63) is 70.4 Å². The van der Waals surface area contributed by atoms with Crippen LogP contribution in [0, 0.1) is 12.8 Å². The van der Waals surface area contributed by atoms with Crippen LogP contribution in [0.15, 0.2) is 42.5 Å². The third-order valence-electron chi connectivity index (χ3n) is 7.74. The Bertz CT molecular complexity index is 1420. The Labute approximate surface area is 229 Å². The predicted molar refractivity (Wildman–Crippen MR) is 144 cm³/mol. The number of halogens is 3. The minimum absolute atomic E-state index is 0.0257. The van der Waals surface area contributed by atoms with Crippen LogP contribution in [0.3, 0.4) is 0 Å². The summed E-state index contributed by atoms with van der Waals surface area (Å²) >= 11 is 0. The molecular weight excluding hydrogens is 525 g/mol. The number of carboxylic acids is 1. The maximum absolute atomic E-state index is 13.6. The fraction of sp³-hybridized carbons (Fsp3) is 0.414. The second-order valence-electron chi connectivity index (χ2n) is 10.5. The smallest absolute Gasteiger partial charge is 0.418 e. The van der Waals surface area contributed by atoms with Gasteiger partial charge in [-0.15, -0.1) is 0 Å². The monoisotopic (exact) mass is 558 g/mol. The summed E-state index contributed by atoms with van der Waals surface area (Å²) in [6.07, 6.45) is -4.14. The first kappa shape index (κ1) is 29.0. The first-order valence-corrected chi connectivity index (χ1v) is 13.2. The molecule has 0 saturated heterocycles. The number of aromatic amines is 1. The number of benzene rings is 2. The average molecular weight is 559 g/mol. The summed E-state index contributed by atoms with van der Waals surface area (Å²) in [5.74, 6) is -2.28. The molecule has 3 unspecified atom stereocenters. The number of carbonyl (C=O) groups excluding carboxylic acids is 2. The highest BCUT2D eigenvalue weighted by atomic mass is 19.4. The molecular formula is C29H33F3N4O4. The van der Waals surface area contributed by atoms with E-state index in [1.54, 1.807) is 6.92 Å². The van der Waals surface area contributed by atoms with Gasteiger partial charge >= 0.3 is 18.2 Å². The largest absolute Gasteiger partial charge is 0.479 e. The van der Waals surface area contributed by atoms with Crippen LogP contribution in [0.25, 0.3) is 10.9 Å². The molecule has 1 heterocycles. The van der Waals surface area contributed by atoms with E-state index in [1.165, 1.54) is 12.1 Å². The van der Waals surface area contributed by atoms with Crippen molar-refractivity contribution in [2.75, 3.05) is 0 Å². The van der Waals surface area contributed by atoms with Crippen LogP contribution in [0.1, 0.15) is 54.6 Å². The Morgan fingerprint density at radius 2 is 1.82 bits per heavy atom. The summed E-state index contributed by atoms with van der Waals surface area (Å²) in [7, 11) is 0. The Morgan fingerprint density at radius 3 is 2.45 bits per heavy atom. The molecule has 0 aliphatic heterocycles. The van der Waals surface area contributed by atoms with Gasteiger partial charge in [0.15, 0.2) is 0 Å². The predicted octanol–water partition coefficient (Wildman–Crippen LogP) is 4.84. The molecule has 0 fully saturated rings. The summed E-state index contributed by atoms with van der Waals surface area (Å²) in [6.45, 7) is 5.81. The van der Waals surface area contributed by atoms with Crippen LogP contribution in [-0.2, 0) is 35.2 Å². The first-order valence-electron chi connectivity index (χ1n) is 13.2. The number of alkyl halides is 3. The molecule has 3 atom stereocenters. The highest BCUT2D eigenvalue weighted by molar-refractivity contribution is 5.94. The number of para-hydroxylation sites is 1. The van der Waals surface area contributed by atoms with Crippen LogP contribution in [0.4, 0.5) is 18.0 Å². The van der Waals surface area contributed by atoms with Gasteiger partial charge in [0.1, 0.15) is 11.6 Å². The van der Waals surface area contributed by atoms with E-state index in [-0.39, 0.29) is 42.6 Å². The van der Waals surface area contributed by atoms with Crippen LogP contribution >= 0.6 is 0 Å². The number of H-pyrrole nitrogens is 1. The SMILES string of the molecule is CCC(C)C(NC(=O)NCc1ccc(C)cc1)C(=O)NC1(C(=O)O)CCc2[nH]c3c(C(F)(F)F)cccc3c2C1. The lowest BCUT2D eigenvalue weighted by molar-refractivity contribution is -0.148. The molecule has 0 spiro atoms. The number of aryl methyl sites for hydroxylation is 2. The van der Waals surface area contributed by atoms with Gasteiger partial charge < -0.3 is 26.0 Å². The molecule has 0 radical (unpaired) electrons. The van der Waals surface area contributed by atoms with Crippen molar-refractivity contribution in [2.24, 2.45) is 5.92 Å². The summed E-state index contributed by atoms with van der Waals surface area (Å²) in [4.78, 5) is 41.6. The minimum atomic E-state index is -4.58. The lowest BCUT2D eigenvalue weighted by Gasteiger charge is -2.36. The van der Waals surface area contributed by atoms with Gasteiger partial charge in [-0.2, -0.15) is 13.2 Å². The van der Waals surface area contributed by atoms with Gasteiger partial charge in [0.2, 0.25) is 5.91 Å². The van der Waals surface area contributed by atoms with Crippen LogP contribution < -0.4 is 16.0 Å². The number of aromatic nitrogens is 1. The third-order valence-corrected chi connectivity index (χ3v) is 7.74. The Kier molecular flexibility index (Phi) is 8.13. The fourth-order valence-corrected chi connectivity index (χ4v) is 5.15. The summed E-state index contributed by atoms with van der Waals surface area (Å²) in [5, 5.41) is 18.6. The van der Waals surface area contributed by atoms with E-state index in [0.717, 1.165) is 17.2 Å². The molecule has 1 aliphatic carbocycles. The number of carbonyl (C=O) groups is 3.